The van der Waals surface area contributed by atoms with Crippen molar-refractivity contribution >= 4 is 5.97 Å². The fraction of sp³-hybridized carbons (Fsp3) is 0.700. The summed E-state index contributed by atoms with van der Waals surface area (Å²) in [5, 5.41) is 2.90. The molecule has 0 unspecified atom stereocenters. The summed E-state index contributed by atoms with van der Waals surface area (Å²) in [5.74, 6) is 2.25. The van der Waals surface area contributed by atoms with Crippen LogP contribution in [0.25, 0.3) is 0 Å². The summed E-state index contributed by atoms with van der Waals surface area (Å²) in [5.41, 5.74) is -0.462. The Balaban J connectivity index is 3.78. The fourth-order valence-corrected chi connectivity index (χ4v) is 0.649. The van der Waals surface area contributed by atoms with Crippen LogP contribution in [0.3, 0.4) is 0 Å². The molecular formula is C10H17NO2. The zero-order valence-corrected chi connectivity index (χ0v) is 8.68. The lowest BCUT2D eigenvalue weighted by atomic mass is 10.1. The molecule has 0 fully saturated rings. The molecule has 0 aliphatic carbocycles. The molecule has 0 aliphatic heterocycles. The molecule has 0 radical (unpaired) electrons. The standard InChI is InChI=1S/C10H17NO2/c1-6-10(4,5)11-7-9(12)13-8(2)3/h1,8,11H,7H2,2-5H3. The lowest BCUT2D eigenvalue weighted by molar-refractivity contribution is -0.146. The van der Waals surface area contributed by atoms with E-state index in [0.29, 0.717) is 0 Å². The predicted octanol–water partition coefficient (Wildman–Crippen LogP) is 0.939. The minimum atomic E-state index is -0.462. The highest BCUT2D eigenvalue weighted by Crippen LogP contribution is 1.98. The number of carbonyl (C=O) groups excluding carboxylic acids is 1. The van der Waals surface area contributed by atoms with Crippen LogP contribution in [0.2, 0.25) is 0 Å². The van der Waals surface area contributed by atoms with Gasteiger partial charge in [0.2, 0.25) is 0 Å². The molecule has 0 spiro atoms. The van der Waals surface area contributed by atoms with Crippen molar-refractivity contribution in [1.82, 2.24) is 5.32 Å². The predicted molar refractivity (Wildman–Crippen MR) is 52.1 cm³/mol. The van der Waals surface area contributed by atoms with Gasteiger partial charge >= 0.3 is 5.97 Å². The fourth-order valence-electron chi connectivity index (χ4n) is 0.649. The topological polar surface area (TPSA) is 38.3 Å². The van der Waals surface area contributed by atoms with Gasteiger partial charge in [-0.05, 0) is 27.7 Å². The summed E-state index contributed by atoms with van der Waals surface area (Å²) in [7, 11) is 0. The van der Waals surface area contributed by atoms with Crippen LogP contribution in [0.1, 0.15) is 27.7 Å². The third kappa shape index (κ3) is 6.18. The van der Waals surface area contributed by atoms with E-state index >= 15 is 0 Å². The normalized spacial score (nSPS) is 11.1. The Kier molecular flexibility index (Phi) is 4.50. The van der Waals surface area contributed by atoms with Gasteiger partial charge in [-0.3, -0.25) is 10.1 Å². The van der Waals surface area contributed by atoms with Crippen LogP contribution in [-0.2, 0) is 9.53 Å². The van der Waals surface area contributed by atoms with Gasteiger partial charge in [-0.2, -0.15) is 0 Å². The van der Waals surface area contributed by atoms with Gasteiger partial charge in [0.05, 0.1) is 18.2 Å². The first-order valence-corrected chi connectivity index (χ1v) is 4.29. The van der Waals surface area contributed by atoms with Gasteiger partial charge in [0, 0.05) is 0 Å². The number of nitrogens with one attached hydrogen (secondary N) is 1. The third-order valence-corrected chi connectivity index (χ3v) is 1.40. The monoisotopic (exact) mass is 183 g/mol. The van der Waals surface area contributed by atoms with Crippen LogP contribution in [-0.4, -0.2) is 24.2 Å². The first kappa shape index (κ1) is 12.0. The lowest BCUT2D eigenvalue weighted by Gasteiger charge is -2.19. The second-order valence-corrected chi connectivity index (χ2v) is 3.66. The molecule has 3 nitrogen and oxygen atoms in total. The van der Waals surface area contributed by atoms with Crippen molar-refractivity contribution < 1.29 is 9.53 Å². The van der Waals surface area contributed by atoms with E-state index in [1.807, 2.05) is 27.7 Å². The highest BCUT2D eigenvalue weighted by atomic mass is 16.5. The van der Waals surface area contributed by atoms with Crippen LogP contribution in [0.4, 0.5) is 0 Å². The van der Waals surface area contributed by atoms with Crippen LogP contribution < -0.4 is 5.32 Å². The molecule has 0 atom stereocenters. The molecule has 0 amide bonds. The summed E-state index contributed by atoms with van der Waals surface area (Å²) >= 11 is 0. The van der Waals surface area contributed by atoms with Gasteiger partial charge in [-0.25, -0.2) is 0 Å². The molecule has 74 valence electrons. The second kappa shape index (κ2) is 4.88. The largest absolute Gasteiger partial charge is 0.462 e. The van der Waals surface area contributed by atoms with Gasteiger partial charge < -0.3 is 4.74 Å². The Hall–Kier alpha value is -1.01. The smallest absolute Gasteiger partial charge is 0.320 e. The van der Waals surface area contributed by atoms with Gasteiger partial charge in [-0.1, -0.05) is 5.92 Å². The Morgan fingerprint density at radius 3 is 2.54 bits per heavy atom. The first-order valence-electron chi connectivity index (χ1n) is 4.29. The van der Waals surface area contributed by atoms with Crippen molar-refractivity contribution in [2.75, 3.05) is 6.54 Å². The highest BCUT2D eigenvalue weighted by molar-refractivity contribution is 5.72. The minimum absolute atomic E-state index is 0.0803. The van der Waals surface area contributed by atoms with E-state index < -0.39 is 5.54 Å². The molecule has 0 bridgehead atoms. The van der Waals surface area contributed by atoms with Gasteiger partial charge in [0.15, 0.2) is 0 Å². The Labute approximate surface area is 79.8 Å². The zero-order valence-electron chi connectivity index (χ0n) is 8.68. The molecule has 0 aromatic carbocycles. The maximum atomic E-state index is 11.1. The SMILES string of the molecule is C#CC(C)(C)NCC(=O)OC(C)C. The van der Waals surface area contributed by atoms with Crippen molar-refractivity contribution in [3.8, 4) is 12.3 Å². The van der Waals surface area contributed by atoms with Crippen molar-refractivity contribution in [3.05, 3.63) is 0 Å². The van der Waals surface area contributed by atoms with E-state index in [1.165, 1.54) is 0 Å². The molecular weight excluding hydrogens is 166 g/mol. The molecule has 0 aromatic heterocycles. The number of hydrogen-bond acceptors (Lipinski definition) is 3. The maximum absolute atomic E-state index is 11.1. The zero-order chi connectivity index (χ0) is 10.5. The molecule has 0 rings (SSSR count). The highest BCUT2D eigenvalue weighted by Gasteiger charge is 2.15. The summed E-state index contributed by atoms with van der Waals surface area (Å²) in [6.07, 6.45) is 5.15. The summed E-state index contributed by atoms with van der Waals surface area (Å²) in [4.78, 5) is 11.1. The number of esters is 1. The Morgan fingerprint density at radius 1 is 1.62 bits per heavy atom. The molecule has 0 aromatic rings. The van der Waals surface area contributed by atoms with Crippen LogP contribution >= 0.6 is 0 Å². The number of hydrogen-bond donors (Lipinski definition) is 1. The molecule has 0 saturated carbocycles. The van der Waals surface area contributed by atoms with Crippen molar-refractivity contribution in [1.29, 1.82) is 0 Å². The van der Waals surface area contributed by atoms with Crippen molar-refractivity contribution in [3.63, 3.8) is 0 Å². The number of terminal acetylenes is 1. The summed E-state index contributed by atoms with van der Waals surface area (Å²) < 4.78 is 4.92. The van der Waals surface area contributed by atoms with E-state index in [4.69, 9.17) is 11.2 Å². The molecule has 0 saturated heterocycles. The minimum Gasteiger partial charge on any atom is -0.462 e. The molecule has 0 aliphatic rings. The van der Waals surface area contributed by atoms with Gasteiger partial charge in [-0.15, -0.1) is 6.42 Å². The lowest BCUT2D eigenvalue weighted by Crippen LogP contribution is -2.41. The van der Waals surface area contributed by atoms with Crippen LogP contribution in [0, 0.1) is 12.3 Å². The first-order chi connectivity index (χ1) is 5.87. The van der Waals surface area contributed by atoms with Crippen LogP contribution in [0.15, 0.2) is 0 Å². The van der Waals surface area contributed by atoms with E-state index in [9.17, 15) is 4.79 Å². The van der Waals surface area contributed by atoms with E-state index in [-0.39, 0.29) is 18.6 Å². The average molecular weight is 183 g/mol. The average Bonchev–Trinajstić information content (AvgIpc) is 2.00. The summed E-state index contributed by atoms with van der Waals surface area (Å²) in [6.45, 7) is 7.43. The maximum Gasteiger partial charge on any atom is 0.320 e. The summed E-state index contributed by atoms with van der Waals surface area (Å²) in [6, 6.07) is 0. The third-order valence-electron chi connectivity index (χ3n) is 1.40. The Bertz CT molecular complexity index is 213. The van der Waals surface area contributed by atoms with E-state index in [0.717, 1.165) is 0 Å². The van der Waals surface area contributed by atoms with Gasteiger partial charge in [0.25, 0.3) is 0 Å². The molecule has 0 heterocycles. The number of ether oxygens (including phenoxy) is 1. The molecule has 1 N–H and O–H groups in total. The van der Waals surface area contributed by atoms with Gasteiger partial charge in [0.1, 0.15) is 0 Å². The Morgan fingerprint density at radius 2 is 2.15 bits per heavy atom. The van der Waals surface area contributed by atoms with Crippen molar-refractivity contribution in [2.45, 2.75) is 39.3 Å². The van der Waals surface area contributed by atoms with E-state index in [1.54, 1.807) is 0 Å². The molecule has 3 heteroatoms. The van der Waals surface area contributed by atoms with E-state index in [2.05, 4.69) is 11.2 Å². The number of carbonyl (C=O) groups is 1. The second-order valence-electron chi connectivity index (χ2n) is 3.66. The quantitative estimate of drug-likeness (QED) is 0.520. The molecule has 13 heavy (non-hydrogen) atoms. The van der Waals surface area contributed by atoms with Crippen LogP contribution in [0.5, 0.6) is 0 Å². The number of rotatable bonds is 4. The van der Waals surface area contributed by atoms with Crippen molar-refractivity contribution in [2.24, 2.45) is 0 Å².